The fourth-order valence-electron chi connectivity index (χ4n) is 2.94. The predicted molar refractivity (Wildman–Crippen MR) is 75.0 cm³/mol. The van der Waals surface area contributed by atoms with Crippen LogP contribution in [0.3, 0.4) is 0 Å². The van der Waals surface area contributed by atoms with Crippen LogP contribution >= 0.6 is 0 Å². The van der Waals surface area contributed by atoms with Gasteiger partial charge in [0.2, 0.25) is 0 Å². The van der Waals surface area contributed by atoms with Gasteiger partial charge in [0.05, 0.1) is 12.7 Å². The lowest BCUT2D eigenvalue weighted by Crippen LogP contribution is -2.50. The molecule has 0 aromatic carbocycles. The van der Waals surface area contributed by atoms with Gasteiger partial charge in [0.1, 0.15) is 0 Å². The molecule has 0 aromatic rings. The zero-order valence-electron chi connectivity index (χ0n) is 12.0. The van der Waals surface area contributed by atoms with Gasteiger partial charge in [0.25, 0.3) is 0 Å². The van der Waals surface area contributed by atoms with E-state index in [9.17, 15) is 0 Å². The standard InChI is InChI=1S/C14H29N3O/c1-3-16-7-5-13(6-8-16)15-11-14-12-17(4-2)9-10-18-14/h13-15H,3-12H2,1-2H3. The topological polar surface area (TPSA) is 27.7 Å². The molecule has 2 rings (SSSR count). The van der Waals surface area contributed by atoms with Crippen LogP contribution in [0.15, 0.2) is 0 Å². The van der Waals surface area contributed by atoms with Crippen molar-refractivity contribution in [2.45, 2.75) is 38.8 Å². The fourth-order valence-corrected chi connectivity index (χ4v) is 2.94. The van der Waals surface area contributed by atoms with Crippen LogP contribution in [-0.2, 0) is 4.74 Å². The van der Waals surface area contributed by atoms with E-state index in [-0.39, 0.29) is 0 Å². The molecule has 0 spiro atoms. The second-order valence-corrected chi connectivity index (χ2v) is 5.50. The summed E-state index contributed by atoms with van der Waals surface area (Å²) >= 11 is 0. The van der Waals surface area contributed by atoms with E-state index in [2.05, 4.69) is 29.0 Å². The third kappa shape index (κ3) is 4.19. The number of hydrogen-bond donors (Lipinski definition) is 1. The summed E-state index contributed by atoms with van der Waals surface area (Å²) in [6.45, 7) is 13.4. The molecule has 2 fully saturated rings. The molecule has 0 saturated carbocycles. The van der Waals surface area contributed by atoms with Gasteiger partial charge in [0.15, 0.2) is 0 Å². The monoisotopic (exact) mass is 255 g/mol. The van der Waals surface area contributed by atoms with E-state index in [1.807, 2.05) is 0 Å². The van der Waals surface area contributed by atoms with Crippen molar-refractivity contribution in [1.29, 1.82) is 0 Å². The highest BCUT2D eigenvalue weighted by Crippen LogP contribution is 2.10. The Morgan fingerprint density at radius 2 is 1.78 bits per heavy atom. The number of piperidine rings is 1. The van der Waals surface area contributed by atoms with Gasteiger partial charge in [-0.3, -0.25) is 4.90 Å². The van der Waals surface area contributed by atoms with E-state index >= 15 is 0 Å². The summed E-state index contributed by atoms with van der Waals surface area (Å²) < 4.78 is 5.83. The molecule has 0 bridgehead atoms. The Labute approximate surface area is 112 Å². The van der Waals surface area contributed by atoms with Crippen molar-refractivity contribution in [2.24, 2.45) is 0 Å². The molecule has 0 radical (unpaired) electrons. The molecule has 18 heavy (non-hydrogen) atoms. The van der Waals surface area contributed by atoms with E-state index in [1.165, 1.54) is 32.5 Å². The molecule has 0 aromatic heterocycles. The van der Waals surface area contributed by atoms with E-state index in [1.54, 1.807) is 0 Å². The Bertz CT molecular complexity index is 229. The number of nitrogens with zero attached hydrogens (tertiary/aromatic N) is 2. The van der Waals surface area contributed by atoms with E-state index < -0.39 is 0 Å². The van der Waals surface area contributed by atoms with Crippen LogP contribution in [0.5, 0.6) is 0 Å². The highest BCUT2D eigenvalue weighted by atomic mass is 16.5. The Balaban J connectivity index is 1.63. The highest BCUT2D eigenvalue weighted by molar-refractivity contribution is 4.79. The molecule has 2 aliphatic heterocycles. The van der Waals surface area contributed by atoms with Crippen LogP contribution in [0.4, 0.5) is 0 Å². The Hall–Kier alpha value is -0.160. The van der Waals surface area contributed by atoms with Crippen LogP contribution < -0.4 is 5.32 Å². The largest absolute Gasteiger partial charge is 0.374 e. The first-order chi connectivity index (χ1) is 8.81. The number of nitrogens with one attached hydrogen (secondary N) is 1. The Morgan fingerprint density at radius 1 is 1.06 bits per heavy atom. The molecule has 4 heteroatoms. The average Bonchev–Trinajstić information content (AvgIpc) is 2.46. The van der Waals surface area contributed by atoms with Gasteiger partial charge >= 0.3 is 0 Å². The quantitative estimate of drug-likeness (QED) is 0.786. The summed E-state index contributed by atoms with van der Waals surface area (Å²) in [5.74, 6) is 0. The molecule has 1 unspecified atom stereocenters. The van der Waals surface area contributed by atoms with Crippen molar-refractivity contribution in [1.82, 2.24) is 15.1 Å². The minimum absolute atomic E-state index is 0.392. The lowest BCUT2D eigenvalue weighted by Gasteiger charge is -2.35. The zero-order chi connectivity index (χ0) is 12.8. The fraction of sp³-hybridized carbons (Fsp3) is 1.00. The second-order valence-electron chi connectivity index (χ2n) is 5.50. The van der Waals surface area contributed by atoms with Crippen LogP contribution in [0.2, 0.25) is 0 Å². The Kier molecular flexibility index (Phi) is 5.89. The molecule has 0 amide bonds. The summed E-state index contributed by atoms with van der Waals surface area (Å²) in [5.41, 5.74) is 0. The molecule has 1 N–H and O–H groups in total. The second kappa shape index (κ2) is 7.43. The number of hydrogen-bond acceptors (Lipinski definition) is 4. The molecule has 2 saturated heterocycles. The van der Waals surface area contributed by atoms with Gasteiger partial charge in [0, 0.05) is 25.7 Å². The summed E-state index contributed by atoms with van der Waals surface area (Å²) in [7, 11) is 0. The van der Waals surface area contributed by atoms with Crippen molar-refractivity contribution in [3.05, 3.63) is 0 Å². The normalized spacial score (nSPS) is 28.7. The molecule has 1 atom stereocenters. The first-order valence-corrected chi connectivity index (χ1v) is 7.61. The number of ether oxygens (including phenoxy) is 1. The first-order valence-electron chi connectivity index (χ1n) is 7.61. The van der Waals surface area contributed by atoms with E-state index in [4.69, 9.17) is 4.74 Å². The maximum Gasteiger partial charge on any atom is 0.0826 e. The van der Waals surface area contributed by atoms with Gasteiger partial charge in [-0.1, -0.05) is 13.8 Å². The maximum absolute atomic E-state index is 5.83. The van der Waals surface area contributed by atoms with Gasteiger partial charge < -0.3 is 15.0 Å². The van der Waals surface area contributed by atoms with Crippen LogP contribution in [0.25, 0.3) is 0 Å². The van der Waals surface area contributed by atoms with Crippen molar-refractivity contribution < 1.29 is 4.74 Å². The summed E-state index contributed by atoms with van der Waals surface area (Å²) in [5, 5.41) is 3.70. The number of rotatable bonds is 5. The van der Waals surface area contributed by atoms with Crippen molar-refractivity contribution in [3.63, 3.8) is 0 Å². The van der Waals surface area contributed by atoms with Gasteiger partial charge in [-0.05, 0) is 39.0 Å². The molecule has 2 heterocycles. The van der Waals surface area contributed by atoms with E-state index in [0.717, 1.165) is 32.8 Å². The minimum Gasteiger partial charge on any atom is -0.374 e. The van der Waals surface area contributed by atoms with E-state index in [0.29, 0.717) is 12.1 Å². The van der Waals surface area contributed by atoms with Crippen molar-refractivity contribution in [2.75, 3.05) is 52.4 Å². The summed E-state index contributed by atoms with van der Waals surface area (Å²) in [4.78, 5) is 5.02. The number of likely N-dealkylation sites (tertiary alicyclic amines) is 1. The van der Waals surface area contributed by atoms with Crippen molar-refractivity contribution in [3.8, 4) is 0 Å². The summed E-state index contributed by atoms with van der Waals surface area (Å²) in [6.07, 6.45) is 2.97. The molecule has 0 aliphatic carbocycles. The molecule has 2 aliphatic rings. The lowest BCUT2D eigenvalue weighted by molar-refractivity contribution is -0.0271. The maximum atomic E-state index is 5.83. The third-order valence-electron chi connectivity index (χ3n) is 4.34. The number of morpholine rings is 1. The van der Waals surface area contributed by atoms with Crippen LogP contribution in [0, 0.1) is 0 Å². The summed E-state index contributed by atoms with van der Waals surface area (Å²) in [6, 6.07) is 0.702. The Morgan fingerprint density at radius 3 is 2.44 bits per heavy atom. The zero-order valence-corrected chi connectivity index (χ0v) is 12.0. The SMILES string of the molecule is CCN1CCC(NCC2CN(CC)CCO2)CC1. The van der Waals surface area contributed by atoms with Crippen LogP contribution in [-0.4, -0.2) is 74.4 Å². The minimum atomic E-state index is 0.392. The van der Waals surface area contributed by atoms with Gasteiger partial charge in [-0.15, -0.1) is 0 Å². The third-order valence-corrected chi connectivity index (χ3v) is 4.34. The highest BCUT2D eigenvalue weighted by Gasteiger charge is 2.22. The first kappa shape index (κ1) is 14.3. The molecular formula is C14H29N3O. The number of likely N-dealkylation sites (N-methyl/N-ethyl adjacent to an activating group) is 1. The van der Waals surface area contributed by atoms with Gasteiger partial charge in [-0.25, -0.2) is 0 Å². The molecule has 106 valence electrons. The lowest BCUT2D eigenvalue weighted by atomic mass is 10.0. The smallest absolute Gasteiger partial charge is 0.0826 e. The molecule has 4 nitrogen and oxygen atoms in total. The van der Waals surface area contributed by atoms with Gasteiger partial charge in [-0.2, -0.15) is 0 Å². The molecular weight excluding hydrogens is 226 g/mol. The van der Waals surface area contributed by atoms with Crippen LogP contribution in [0.1, 0.15) is 26.7 Å². The predicted octanol–water partition coefficient (Wildman–Crippen LogP) is 0.781. The van der Waals surface area contributed by atoms with Crippen molar-refractivity contribution >= 4 is 0 Å². The average molecular weight is 255 g/mol.